The van der Waals surface area contributed by atoms with Gasteiger partial charge in [-0.25, -0.2) is 4.68 Å². The number of hydrogen-bond donors (Lipinski definition) is 1. The Morgan fingerprint density at radius 2 is 2.04 bits per heavy atom. The Kier molecular flexibility index (Phi) is 4.31. The van der Waals surface area contributed by atoms with Gasteiger partial charge < -0.3 is 10.6 Å². The van der Waals surface area contributed by atoms with Crippen LogP contribution >= 0.6 is 11.3 Å². The number of carbonyl (C=O) groups is 1. The number of carbonyl (C=O) groups excluding carboxylic acids is 1. The van der Waals surface area contributed by atoms with Crippen molar-refractivity contribution in [1.82, 2.24) is 14.7 Å². The average Bonchev–Trinajstić information content (AvgIpc) is 3.11. The van der Waals surface area contributed by atoms with Crippen LogP contribution in [0.4, 0.5) is 0 Å². The molecular formula is C19H22N4OS. The van der Waals surface area contributed by atoms with Gasteiger partial charge in [0.1, 0.15) is 4.83 Å². The van der Waals surface area contributed by atoms with Crippen molar-refractivity contribution in [2.24, 2.45) is 5.73 Å². The second-order valence-corrected chi connectivity index (χ2v) is 7.68. The highest BCUT2D eigenvalue weighted by Gasteiger charge is 2.23. The van der Waals surface area contributed by atoms with Gasteiger partial charge in [0.2, 0.25) is 0 Å². The molecule has 4 rings (SSSR count). The van der Waals surface area contributed by atoms with Crippen LogP contribution in [0.5, 0.6) is 0 Å². The second-order valence-electron chi connectivity index (χ2n) is 6.65. The zero-order chi connectivity index (χ0) is 17.4. The number of amides is 1. The quantitative estimate of drug-likeness (QED) is 0.767. The van der Waals surface area contributed by atoms with E-state index in [1.54, 1.807) is 0 Å². The van der Waals surface area contributed by atoms with Crippen LogP contribution in [-0.4, -0.2) is 39.7 Å². The minimum Gasteiger partial charge on any atom is -0.338 e. The molecule has 1 saturated heterocycles. The van der Waals surface area contributed by atoms with Crippen molar-refractivity contribution in [3.8, 4) is 5.69 Å². The summed E-state index contributed by atoms with van der Waals surface area (Å²) in [5, 5.41) is 5.70. The van der Waals surface area contributed by atoms with Crippen molar-refractivity contribution in [3.05, 3.63) is 47.0 Å². The molecule has 5 nitrogen and oxygen atoms in total. The number of benzene rings is 1. The van der Waals surface area contributed by atoms with E-state index in [0.29, 0.717) is 0 Å². The van der Waals surface area contributed by atoms with E-state index in [9.17, 15) is 4.79 Å². The Bertz CT molecular complexity index is 899. The molecule has 0 bridgehead atoms. The highest BCUT2D eigenvalue weighted by Crippen LogP contribution is 2.31. The fourth-order valence-corrected chi connectivity index (χ4v) is 4.53. The molecule has 0 unspecified atom stereocenters. The average molecular weight is 354 g/mol. The van der Waals surface area contributed by atoms with Crippen LogP contribution in [0.1, 0.15) is 34.6 Å². The summed E-state index contributed by atoms with van der Waals surface area (Å²) in [6.07, 6.45) is 2.86. The van der Waals surface area contributed by atoms with Crippen molar-refractivity contribution in [1.29, 1.82) is 0 Å². The van der Waals surface area contributed by atoms with Crippen LogP contribution in [0.2, 0.25) is 0 Å². The van der Waals surface area contributed by atoms with Gasteiger partial charge in [-0.05, 0) is 44.4 Å². The molecule has 1 amide bonds. The van der Waals surface area contributed by atoms with E-state index in [-0.39, 0.29) is 11.9 Å². The summed E-state index contributed by atoms with van der Waals surface area (Å²) >= 11 is 1.53. The number of aromatic nitrogens is 2. The van der Waals surface area contributed by atoms with Gasteiger partial charge in [-0.3, -0.25) is 4.79 Å². The van der Waals surface area contributed by atoms with E-state index >= 15 is 0 Å². The van der Waals surface area contributed by atoms with Gasteiger partial charge in [-0.15, -0.1) is 11.3 Å². The third kappa shape index (κ3) is 3.07. The van der Waals surface area contributed by atoms with Gasteiger partial charge in [0.05, 0.1) is 16.3 Å². The van der Waals surface area contributed by atoms with Gasteiger partial charge in [0.15, 0.2) is 0 Å². The lowest BCUT2D eigenvalue weighted by Crippen LogP contribution is -2.32. The minimum absolute atomic E-state index is 0.120. The largest absolute Gasteiger partial charge is 0.338 e. The molecule has 0 radical (unpaired) electrons. The van der Waals surface area contributed by atoms with Crippen LogP contribution in [0.15, 0.2) is 36.4 Å². The summed E-state index contributed by atoms with van der Waals surface area (Å²) in [6.45, 7) is 3.54. The van der Waals surface area contributed by atoms with Crippen LogP contribution in [-0.2, 0) is 0 Å². The van der Waals surface area contributed by atoms with Gasteiger partial charge in [-0.1, -0.05) is 18.2 Å². The molecule has 130 valence electrons. The number of nitrogens with zero attached hydrogens (tertiary/aromatic N) is 3. The highest BCUT2D eigenvalue weighted by atomic mass is 32.1. The van der Waals surface area contributed by atoms with Crippen LogP contribution in [0.3, 0.4) is 0 Å². The van der Waals surface area contributed by atoms with Crippen LogP contribution < -0.4 is 5.73 Å². The normalized spacial score (nSPS) is 18.5. The molecule has 3 aromatic rings. The topological polar surface area (TPSA) is 64.2 Å². The summed E-state index contributed by atoms with van der Waals surface area (Å²) < 4.78 is 1.93. The molecule has 6 heteroatoms. The predicted molar refractivity (Wildman–Crippen MR) is 101 cm³/mol. The lowest BCUT2D eigenvalue weighted by Gasteiger charge is -2.19. The Balaban J connectivity index is 1.68. The Morgan fingerprint density at radius 3 is 2.84 bits per heavy atom. The molecule has 1 aromatic carbocycles. The van der Waals surface area contributed by atoms with Crippen molar-refractivity contribution >= 4 is 27.5 Å². The van der Waals surface area contributed by atoms with Crippen molar-refractivity contribution in [3.63, 3.8) is 0 Å². The number of para-hydroxylation sites is 1. The third-order valence-corrected chi connectivity index (χ3v) is 5.91. The predicted octanol–water partition coefficient (Wildman–Crippen LogP) is 3.35. The SMILES string of the molecule is Cc1nn(-c2ccccc2)c2sc(C(=O)N3CCC[C@H](N)CC3)cc12. The van der Waals surface area contributed by atoms with Crippen molar-refractivity contribution in [2.45, 2.75) is 32.2 Å². The molecule has 2 aromatic heterocycles. The van der Waals surface area contributed by atoms with Crippen LogP contribution in [0, 0.1) is 6.92 Å². The molecule has 1 fully saturated rings. The fraction of sp³-hybridized carbons (Fsp3) is 0.368. The monoisotopic (exact) mass is 354 g/mol. The molecule has 3 heterocycles. The first-order chi connectivity index (χ1) is 12.1. The number of thiophene rings is 1. The Morgan fingerprint density at radius 1 is 1.24 bits per heavy atom. The van der Waals surface area contributed by atoms with Gasteiger partial charge >= 0.3 is 0 Å². The first-order valence-corrected chi connectivity index (χ1v) is 9.54. The minimum atomic E-state index is 0.120. The molecule has 2 N–H and O–H groups in total. The summed E-state index contributed by atoms with van der Waals surface area (Å²) in [6, 6.07) is 12.3. The molecule has 0 aliphatic carbocycles. The van der Waals surface area contributed by atoms with E-state index < -0.39 is 0 Å². The first kappa shape index (κ1) is 16.3. The number of aryl methyl sites for hydroxylation is 1. The van der Waals surface area contributed by atoms with E-state index in [4.69, 9.17) is 5.73 Å². The lowest BCUT2D eigenvalue weighted by molar-refractivity contribution is 0.0766. The fourth-order valence-electron chi connectivity index (χ4n) is 3.38. The maximum Gasteiger partial charge on any atom is 0.264 e. The summed E-state index contributed by atoms with van der Waals surface area (Å²) in [4.78, 5) is 16.7. The maximum absolute atomic E-state index is 13.0. The van der Waals surface area contributed by atoms with E-state index in [2.05, 4.69) is 5.10 Å². The van der Waals surface area contributed by atoms with E-state index in [1.165, 1.54) is 11.3 Å². The molecule has 25 heavy (non-hydrogen) atoms. The zero-order valence-electron chi connectivity index (χ0n) is 14.3. The van der Waals surface area contributed by atoms with Gasteiger partial charge in [0, 0.05) is 24.5 Å². The third-order valence-electron chi connectivity index (χ3n) is 4.82. The Labute approximate surface area is 151 Å². The van der Waals surface area contributed by atoms with Crippen molar-refractivity contribution < 1.29 is 4.79 Å². The standard InChI is InChI=1S/C19H22N4OS/c1-13-16-12-17(18(24)22-10-5-6-14(20)9-11-22)25-19(16)23(21-13)15-7-3-2-4-8-15/h2-4,7-8,12,14H,5-6,9-11,20H2,1H3/t14-/m0/s1. The number of nitrogens with two attached hydrogens (primary N) is 1. The molecule has 0 saturated carbocycles. The molecular weight excluding hydrogens is 332 g/mol. The van der Waals surface area contributed by atoms with Crippen LogP contribution in [0.25, 0.3) is 15.9 Å². The number of likely N-dealkylation sites (tertiary alicyclic amines) is 1. The number of rotatable bonds is 2. The number of hydrogen-bond acceptors (Lipinski definition) is 4. The molecule has 1 atom stereocenters. The highest BCUT2D eigenvalue weighted by molar-refractivity contribution is 7.20. The lowest BCUT2D eigenvalue weighted by atomic mass is 10.1. The van der Waals surface area contributed by atoms with Gasteiger partial charge in [-0.2, -0.15) is 5.10 Å². The van der Waals surface area contributed by atoms with Gasteiger partial charge in [0.25, 0.3) is 5.91 Å². The second kappa shape index (κ2) is 6.61. The number of fused-ring (bicyclic) bond motifs is 1. The summed E-state index contributed by atoms with van der Waals surface area (Å²) in [5.74, 6) is 0.120. The zero-order valence-corrected chi connectivity index (χ0v) is 15.1. The van der Waals surface area contributed by atoms with E-state index in [0.717, 1.165) is 58.8 Å². The summed E-state index contributed by atoms with van der Waals surface area (Å²) in [7, 11) is 0. The molecule has 0 spiro atoms. The van der Waals surface area contributed by atoms with E-state index in [1.807, 2.05) is 52.9 Å². The molecule has 1 aliphatic rings. The first-order valence-electron chi connectivity index (χ1n) is 8.73. The summed E-state index contributed by atoms with van der Waals surface area (Å²) in [5.41, 5.74) is 8.00. The smallest absolute Gasteiger partial charge is 0.264 e. The Hall–Kier alpha value is -2.18. The molecule has 1 aliphatic heterocycles. The maximum atomic E-state index is 13.0. The van der Waals surface area contributed by atoms with Crippen molar-refractivity contribution in [2.75, 3.05) is 13.1 Å².